The second-order valence-corrected chi connectivity index (χ2v) is 5.43. The monoisotopic (exact) mass is 276 g/mol. The Hall–Kier alpha value is -1.66. The number of rotatable bonds is 5. The van der Waals surface area contributed by atoms with Gasteiger partial charge in [-0.2, -0.15) is 0 Å². The van der Waals surface area contributed by atoms with E-state index in [-0.39, 0.29) is 0 Å². The van der Waals surface area contributed by atoms with Gasteiger partial charge in [-0.15, -0.1) is 11.3 Å². The number of fused-ring (bicyclic) bond motifs is 1. The van der Waals surface area contributed by atoms with Crippen LogP contribution in [0, 0.1) is 0 Å². The van der Waals surface area contributed by atoms with E-state index in [4.69, 9.17) is 0 Å². The maximum Gasteiger partial charge on any atom is 0.193 e. The van der Waals surface area contributed by atoms with E-state index in [0.29, 0.717) is 6.42 Å². The highest BCUT2D eigenvalue weighted by molar-refractivity contribution is 7.15. The molecule has 1 unspecified atom stereocenters. The van der Waals surface area contributed by atoms with Crippen LogP contribution in [0.5, 0.6) is 0 Å². The highest BCUT2D eigenvalue weighted by atomic mass is 32.1. The molecule has 0 spiro atoms. The van der Waals surface area contributed by atoms with Crippen LogP contribution < -0.4 is 0 Å². The van der Waals surface area contributed by atoms with Crippen molar-refractivity contribution in [1.29, 1.82) is 0 Å². The Kier molecular flexibility index (Phi) is 3.35. The summed E-state index contributed by atoms with van der Waals surface area (Å²) in [7, 11) is 0. The Labute approximate surface area is 115 Å². The molecule has 0 bridgehead atoms. The predicted octanol–water partition coefficient (Wildman–Crippen LogP) is 2.28. The summed E-state index contributed by atoms with van der Waals surface area (Å²) in [5.41, 5.74) is 1.77. The second kappa shape index (κ2) is 5.14. The fraction of sp³-hybridized carbons (Fsp3) is 0.385. The average Bonchev–Trinajstić information content (AvgIpc) is 3.03. The number of hydrogen-bond donors (Lipinski definition) is 1. The smallest absolute Gasteiger partial charge is 0.193 e. The Bertz CT molecular complexity index is 640. The first kappa shape index (κ1) is 12.4. The van der Waals surface area contributed by atoms with E-state index in [1.54, 1.807) is 23.9 Å². The summed E-state index contributed by atoms with van der Waals surface area (Å²) in [5.74, 6) is 0. The van der Waals surface area contributed by atoms with Crippen molar-refractivity contribution in [2.45, 2.75) is 32.4 Å². The Balaban J connectivity index is 1.78. The van der Waals surface area contributed by atoms with Crippen LogP contribution in [0.3, 0.4) is 0 Å². The number of aryl methyl sites for hydroxylation is 1. The fourth-order valence-corrected chi connectivity index (χ4v) is 2.93. The SMILES string of the molecule is CCCn1cncc1C(O)Cc1cn2ccsc2n1. The van der Waals surface area contributed by atoms with Crippen molar-refractivity contribution in [3.8, 4) is 0 Å². The lowest BCUT2D eigenvalue weighted by Gasteiger charge is -2.12. The first-order valence-corrected chi connectivity index (χ1v) is 7.25. The minimum absolute atomic E-state index is 0.518. The van der Waals surface area contributed by atoms with E-state index in [0.717, 1.165) is 29.3 Å². The van der Waals surface area contributed by atoms with Gasteiger partial charge in [0.25, 0.3) is 0 Å². The van der Waals surface area contributed by atoms with E-state index >= 15 is 0 Å². The summed E-state index contributed by atoms with van der Waals surface area (Å²) in [6.45, 7) is 2.99. The molecule has 0 radical (unpaired) electrons. The Morgan fingerprint density at radius 3 is 3.16 bits per heavy atom. The van der Waals surface area contributed by atoms with Gasteiger partial charge in [0.15, 0.2) is 4.96 Å². The summed E-state index contributed by atoms with van der Waals surface area (Å²) in [6, 6.07) is 0. The van der Waals surface area contributed by atoms with Gasteiger partial charge in [0, 0.05) is 30.7 Å². The molecule has 3 aromatic heterocycles. The van der Waals surface area contributed by atoms with Crippen LogP contribution in [-0.2, 0) is 13.0 Å². The first-order valence-electron chi connectivity index (χ1n) is 6.37. The van der Waals surface area contributed by atoms with Gasteiger partial charge in [-0.3, -0.25) is 4.40 Å². The number of aliphatic hydroxyl groups is 1. The average molecular weight is 276 g/mol. The summed E-state index contributed by atoms with van der Waals surface area (Å²) < 4.78 is 3.99. The molecule has 0 fully saturated rings. The number of aromatic nitrogens is 4. The number of nitrogens with zero attached hydrogens (tertiary/aromatic N) is 4. The van der Waals surface area contributed by atoms with E-state index < -0.39 is 6.10 Å². The molecule has 3 heterocycles. The fourth-order valence-electron chi connectivity index (χ4n) is 2.21. The number of hydrogen-bond acceptors (Lipinski definition) is 4. The van der Waals surface area contributed by atoms with Gasteiger partial charge in [0.2, 0.25) is 0 Å². The molecule has 0 amide bonds. The van der Waals surface area contributed by atoms with Crippen molar-refractivity contribution in [3.63, 3.8) is 0 Å². The van der Waals surface area contributed by atoms with Crippen LogP contribution in [0.2, 0.25) is 0 Å². The zero-order valence-corrected chi connectivity index (χ0v) is 11.5. The molecule has 0 aliphatic rings. The Morgan fingerprint density at radius 1 is 1.47 bits per heavy atom. The molecule has 100 valence electrons. The molecular weight excluding hydrogens is 260 g/mol. The van der Waals surface area contributed by atoms with Crippen LogP contribution in [0.1, 0.15) is 30.8 Å². The third-order valence-electron chi connectivity index (χ3n) is 3.10. The van der Waals surface area contributed by atoms with Crippen molar-refractivity contribution in [2.24, 2.45) is 0 Å². The molecule has 6 heteroatoms. The van der Waals surface area contributed by atoms with Crippen LogP contribution in [0.15, 0.2) is 30.3 Å². The lowest BCUT2D eigenvalue weighted by atomic mass is 10.1. The van der Waals surface area contributed by atoms with Crippen LogP contribution in [0.25, 0.3) is 4.96 Å². The molecule has 19 heavy (non-hydrogen) atoms. The maximum absolute atomic E-state index is 10.3. The molecule has 1 atom stereocenters. The van der Waals surface area contributed by atoms with Crippen molar-refractivity contribution in [3.05, 3.63) is 41.7 Å². The molecule has 3 aromatic rings. The molecular formula is C13H16N4OS. The van der Waals surface area contributed by atoms with Gasteiger partial charge >= 0.3 is 0 Å². The normalized spacial score (nSPS) is 13.2. The van der Waals surface area contributed by atoms with Gasteiger partial charge in [0.05, 0.1) is 23.9 Å². The van der Waals surface area contributed by atoms with Crippen molar-refractivity contribution in [1.82, 2.24) is 18.9 Å². The molecule has 0 aromatic carbocycles. The minimum atomic E-state index is -0.557. The summed E-state index contributed by atoms with van der Waals surface area (Å²) in [5, 5.41) is 12.3. The van der Waals surface area contributed by atoms with Gasteiger partial charge in [-0.25, -0.2) is 9.97 Å². The topological polar surface area (TPSA) is 55.3 Å². The lowest BCUT2D eigenvalue weighted by molar-refractivity contribution is 0.167. The zero-order valence-electron chi connectivity index (χ0n) is 10.7. The first-order chi connectivity index (χ1) is 9.28. The van der Waals surface area contributed by atoms with Gasteiger partial charge in [-0.1, -0.05) is 6.92 Å². The molecule has 0 saturated carbocycles. The van der Waals surface area contributed by atoms with Crippen molar-refractivity contribution in [2.75, 3.05) is 0 Å². The van der Waals surface area contributed by atoms with Gasteiger partial charge in [0.1, 0.15) is 6.10 Å². The van der Waals surface area contributed by atoms with Crippen LogP contribution in [0.4, 0.5) is 0 Å². The van der Waals surface area contributed by atoms with Crippen molar-refractivity contribution < 1.29 is 5.11 Å². The molecule has 1 N–H and O–H groups in total. The third kappa shape index (κ3) is 2.41. The molecule has 5 nitrogen and oxygen atoms in total. The van der Waals surface area contributed by atoms with E-state index in [1.807, 2.05) is 26.7 Å². The second-order valence-electron chi connectivity index (χ2n) is 4.56. The molecule has 3 rings (SSSR count). The van der Waals surface area contributed by atoms with Gasteiger partial charge < -0.3 is 9.67 Å². The third-order valence-corrected chi connectivity index (χ3v) is 3.87. The summed E-state index contributed by atoms with van der Waals surface area (Å²) >= 11 is 1.60. The van der Waals surface area contributed by atoms with E-state index in [2.05, 4.69) is 16.9 Å². The molecule has 0 aliphatic carbocycles. The Morgan fingerprint density at radius 2 is 2.37 bits per heavy atom. The summed E-state index contributed by atoms with van der Waals surface area (Å²) in [4.78, 5) is 9.57. The lowest BCUT2D eigenvalue weighted by Crippen LogP contribution is -2.09. The molecule has 0 saturated heterocycles. The molecule has 0 aliphatic heterocycles. The van der Waals surface area contributed by atoms with Crippen molar-refractivity contribution >= 4 is 16.3 Å². The maximum atomic E-state index is 10.3. The van der Waals surface area contributed by atoms with E-state index in [1.165, 1.54) is 0 Å². The summed E-state index contributed by atoms with van der Waals surface area (Å²) in [6.07, 6.45) is 8.44. The highest BCUT2D eigenvalue weighted by Gasteiger charge is 2.15. The zero-order chi connectivity index (χ0) is 13.2. The highest BCUT2D eigenvalue weighted by Crippen LogP contribution is 2.19. The number of thiazole rings is 1. The largest absolute Gasteiger partial charge is 0.386 e. The minimum Gasteiger partial charge on any atom is -0.386 e. The van der Waals surface area contributed by atoms with E-state index in [9.17, 15) is 5.11 Å². The predicted molar refractivity (Wildman–Crippen MR) is 74.3 cm³/mol. The number of imidazole rings is 2. The number of aliphatic hydroxyl groups excluding tert-OH is 1. The van der Waals surface area contributed by atoms with Crippen LogP contribution in [-0.4, -0.2) is 24.0 Å². The van der Waals surface area contributed by atoms with Crippen LogP contribution >= 0.6 is 11.3 Å². The standard InChI is InChI=1S/C13H16N4OS/c1-2-3-17-9-14-7-11(17)12(18)6-10-8-16-4-5-19-13(16)15-10/h4-5,7-9,12,18H,2-3,6H2,1H3. The van der Waals surface area contributed by atoms with Gasteiger partial charge in [-0.05, 0) is 6.42 Å². The quantitative estimate of drug-likeness (QED) is 0.778.